The number of rotatable bonds is 2. The van der Waals surface area contributed by atoms with Crippen LogP contribution in [0.4, 0.5) is 5.69 Å². The number of anilines is 1. The van der Waals surface area contributed by atoms with Crippen LogP contribution in [-0.2, 0) is 0 Å². The van der Waals surface area contributed by atoms with E-state index in [-0.39, 0.29) is 17.6 Å². The Kier molecular flexibility index (Phi) is 6.47. The second kappa shape index (κ2) is 8.34. The molecule has 0 saturated carbocycles. The number of hydrogen-bond donors (Lipinski definition) is 2. The van der Waals surface area contributed by atoms with E-state index in [2.05, 4.69) is 12.1 Å². The van der Waals surface area contributed by atoms with Crippen LogP contribution in [-0.4, -0.2) is 5.11 Å². The first-order chi connectivity index (χ1) is 10.5. The lowest BCUT2D eigenvalue weighted by Crippen LogP contribution is -1.91. The number of nitrogen functional groups attached to an aromatic ring is 1. The third-order valence-electron chi connectivity index (χ3n) is 3.17. The normalized spacial score (nSPS) is 12.0. The standard InChI is InChI=1S/C9H10N2.C9H9NO/c2*1-7(6-10)8-3-2-4-9(11)5-8/h2-5,7H,11H2,1H3;2-5,7,11H,1H3. The molecule has 0 aliphatic heterocycles. The Hall–Kier alpha value is -2.98. The first kappa shape index (κ1) is 17.1. The maximum Gasteiger partial charge on any atom is 0.115 e. The van der Waals surface area contributed by atoms with Gasteiger partial charge in [-0.05, 0) is 49.2 Å². The first-order valence-corrected chi connectivity index (χ1v) is 6.91. The summed E-state index contributed by atoms with van der Waals surface area (Å²) in [5, 5.41) is 26.2. The fourth-order valence-corrected chi connectivity index (χ4v) is 1.77. The molecule has 2 unspecified atom stereocenters. The molecule has 0 radical (unpaired) electrons. The summed E-state index contributed by atoms with van der Waals surface area (Å²) in [6, 6.07) is 18.4. The van der Waals surface area contributed by atoms with Crippen LogP contribution >= 0.6 is 0 Å². The van der Waals surface area contributed by atoms with Crippen molar-refractivity contribution in [3.05, 3.63) is 59.7 Å². The summed E-state index contributed by atoms with van der Waals surface area (Å²) < 4.78 is 0. The van der Waals surface area contributed by atoms with Crippen molar-refractivity contribution in [1.82, 2.24) is 0 Å². The van der Waals surface area contributed by atoms with E-state index >= 15 is 0 Å². The van der Waals surface area contributed by atoms with E-state index in [4.69, 9.17) is 21.4 Å². The number of nitrogens with zero attached hydrogens (tertiary/aromatic N) is 2. The number of nitriles is 2. The molecule has 4 nitrogen and oxygen atoms in total. The van der Waals surface area contributed by atoms with Gasteiger partial charge in [0.1, 0.15) is 5.75 Å². The van der Waals surface area contributed by atoms with Crippen molar-refractivity contribution in [3.8, 4) is 17.9 Å². The average molecular weight is 293 g/mol. The molecule has 22 heavy (non-hydrogen) atoms. The molecule has 3 N–H and O–H groups in total. The molecule has 2 atom stereocenters. The van der Waals surface area contributed by atoms with Gasteiger partial charge < -0.3 is 10.8 Å². The largest absolute Gasteiger partial charge is 0.508 e. The predicted octanol–water partition coefficient (Wildman–Crippen LogP) is 3.92. The molecule has 0 aliphatic carbocycles. The summed E-state index contributed by atoms with van der Waals surface area (Å²) >= 11 is 0. The van der Waals surface area contributed by atoms with Crippen molar-refractivity contribution >= 4 is 5.69 Å². The molecule has 2 rings (SSSR count). The molecule has 0 bridgehead atoms. The summed E-state index contributed by atoms with van der Waals surface area (Å²) in [4.78, 5) is 0. The maximum atomic E-state index is 9.05. The molecular formula is C18H19N3O. The Morgan fingerprint density at radius 3 is 1.86 bits per heavy atom. The van der Waals surface area contributed by atoms with Gasteiger partial charge in [0.25, 0.3) is 0 Å². The van der Waals surface area contributed by atoms with Crippen LogP contribution in [0.3, 0.4) is 0 Å². The van der Waals surface area contributed by atoms with Gasteiger partial charge in [0.05, 0.1) is 24.0 Å². The van der Waals surface area contributed by atoms with Crippen LogP contribution in [0.2, 0.25) is 0 Å². The van der Waals surface area contributed by atoms with Crippen LogP contribution < -0.4 is 5.73 Å². The van der Waals surface area contributed by atoms with Gasteiger partial charge >= 0.3 is 0 Å². The van der Waals surface area contributed by atoms with Gasteiger partial charge in [0, 0.05) is 5.69 Å². The lowest BCUT2D eigenvalue weighted by Gasteiger charge is -2.02. The molecule has 2 aromatic rings. The number of aromatic hydroxyl groups is 1. The zero-order chi connectivity index (χ0) is 16.5. The zero-order valence-electron chi connectivity index (χ0n) is 12.7. The van der Waals surface area contributed by atoms with Crippen LogP contribution in [0.5, 0.6) is 5.75 Å². The van der Waals surface area contributed by atoms with E-state index < -0.39 is 0 Å². The van der Waals surface area contributed by atoms with Crippen LogP contribution in [0.1, 0.15) is 36.8 Å². The second-order valence-electron chi connectivity index (χ2n) is 4.97. The van der Waals surface area contributed by atoms with E-state index in [9.17, 15) is 0 Å². The van der Waals surface area contributed by atoms with E-state index in [1.165, 1.54) is 0 Å². The molecular weight excluding hydrogens is 274 g/mol. The number of nitrogens with two attached hydrogens (primary N) is 1. The zero-order valence-corrected chi connectivity index (χ0v) is 12.7. The smallest absolute Gasteiger partial charge is 0.115 e. The van der Waals surface area contributed by atoms with E-state index in [1.54, 1.807) is 25.1 Å². The molecule has 0 heterocycles. The molecule has 112 valence electrons. The van der Waals surface area contributed by atoms with Crippen molar-refractivity contribution < 1.29 is 5.11 Å². The fourth-order valence-electron chi connectivity index (χ4n) is 1.77. The van der Waals surface area contributed by atoms with E-state index in [0.717, 1.165) is 11.1 Å². The van der Waals surface area contributed by atoms with Crippen molar-refractivity contribution in [1.29, 1.82) is 10.5 Å². The quantitative estimate of drug-likeness (QED) is 0.821. The minimum atomic E-state index is -0.151. The monoisotopic (exact) mass is 293 g/mol. The summed E-state index contributed by atoms with van der Waals surface area (Å²) in [5.41, 5.74) is 8.09. The van der Waals surface area contributed by atoms with Crippen molar-refractivity contribution in [2.24, 2.45) is 0 Å². The molecule has 0 aromatic heterocycles. The minimum Gasteiger partial charge on any atom is -0.508 e. The van der Waals surface area contributed by atoms with Crippen molar-refractivity contribution in [2.75, 3.05) is 5.73 Å². The maximum absolute atomic E-state index is 9.05. The van der Waals surface area contributed by atoms with Crippen molar-refractivity contribution in [3.63, 3.8) is 0 Å². The molecule has 0 saturated heterocycles. The Morgan fingerprint density at radius 1 is 0.909 bits per heavy atom. The van der Waals surface area contributed by atoms with Crippen LogP contribution in [0, 0.1) is 22.7 Å². The Morgan fingerprint density at radius 2 is 1.41 bits per heavy atom. The predicted molar refractivity (Wildman–Crippen MR) is 87.0 cm³/mol. The highest BCUT2D eigenvalue weighted by atomic mass is 16.3. The molecule has 4 heteroatoms. The fraction of sp³-hybridized carbons (Fsp3) is 0.222. The third-order valence-corrected chi connectivity index (χ3v) is 3.17. The molecule has 2 aromatic carbocycles. The van der Waals surface area contributed by atoms with E-state index in [0.29, 0.717) is 5.69 Å². The molecule has 0 amide bonds. The summed E-state index contributed by atoms with van der Waals surface area (Å²) in [7, 11) is 0. The topological polar surface area (TPSA) is 93.8 Å². The Balaban J connectivity index is 0.000000220. The Bertz CT molecular complexity index is 636. The van der Waals surface area contributed by atoms with Gasteiger partial charge in [-0.15, -0.1) is 0 Å². The lowest BCUT2D eigenvalue weighted by molar-refractivity contribution is 0.474. The Labute approximate surface area is 131 Å². The van der Waals surface area contributed by atoms with Crippen molar-refractivity contribution in [2.45, 2.75) is 25.7 Å². The summed E-state index contributed by atoms with van der Waals surface area (Å²) in [5.74, 6) is -0.00907. The number of hydrogen-bond acceptors (Lipinski definition) is 4. The van der Waals surface area contributed by atoms with Gasteiger partial charge in [-0.2, -0.15) is 10.5 Å². The highest BCUT2D eigenvalue weighted by Crippen LogP contribution is 2.18. The number of phenols is 1. The first-order valence-electron chi connectivity index (χ1n) is 6.91. The molecule has 0 spiro atoms. The van der Waals surface area contributed by atoms with Gasteiger partial charge in [-0.3, -0.25) is 0 Å². The highest BCUT2D eigenvalue weighted by molar-refractivity contribution is 5.42. The second-order valence-corrected chi connectivity index (χ2v) is 4.97. The average Bonchev–Trinajstić information content (AvgIpc) is 2.54. The lowest BCUT2D eigenvalue weighted by atomic mass is 10.0. The number of benzene rings is 2. The van der Waals surface area contributed by atoms with Crippen LogP contribution in [0.15, 0.2) is 48.5 Å². The molecule has 0 aliphatic rings. The number of phenolic OH excluding ortho intramolecular Hbond substituents is 1. The van der Waals surface area contributed by atoms with Gasteiger partial charge in [0.2, 0.25) is 0 Å². The van der Waals surface area contributed by atoms with Gasteiger partial charge in [-0.1, -0.05) is 24.3 Å². The van der Waals surface area contributed by atoms with Gasteiger partial charge in [0.15, 0.2) is 0 Å². The SMILES string of the molecule is CC(C#N)c1cccc(N)c1.CC(C#N)c1cccc(O)c1. The minimum absolute atomic E-state index is 0.0708. The highest BCUT2D eigenvalue weighted by Gasteiger charge is 2.03. The van der Waals surface area contributed by atoms with E-state index in [1.807, 2.05) is 37.3 Å². The summed E-state index contributed by atoms with van der Waals surface area (Å²) in [6.07, 6.45) is 0. The summed E-state index contributed by atoms with van der Waals surface area (Å²) in [6.45, 7) is 3.66. The van der Waals surface area contributed by atoms with Crippen LogP contribution in [0.25, 0.3) is 0 Å². The van der Waals surface area contributed by atoms with Gasteiger partial charge in [-0.25, -0.2) is 0 Å². The third kappa shape index (κ3) is 5.19. The molecule has 0 fully saturated rings.